The molecular formula is C42H62N4O9. The molecule has 0 aromatic heterocycles. The summed E-state index contributed by atoms with van der Waals surface area (Å²) in [4.78, 5) is 54.4. The topological polar surface area (TPSA) is 154 Å². The first-order valence-corrected chi connectivity index (χ1v) is 19.6. The van der Waals surface area contributed by atoms with Gasteiger partial charge in [-0.3, -0.25) is 14.4 Å². The molecule has 4 amide bonds. The SMILES string of the molecule is CCC(=O)N[C@H](C(=O)N1Cc2cc(OCCOCCOCCOCCNC(=O)OC(C)(C)C)ccc2C[C@H]1C(=O)N[C@@H]1CCCc2ccccc21)C(C)(C)C. The Labute approximate surface area is 326 Å². The molecule has 0 bridgehead atoms. The van der Waals surface area contributed by atoms with Gasteiger partial charge in [-0.1, -0.05) is 58.0 Å². The van der Waals surface area contributed by atoms with Crippen molar-refractivity contribution in [3.05, 3.63) is 64.7 Å². The van der Waals surface area contributed by atoms with Gasteiger partial charge in [-0.05, 0) is 79.8 Å². The van der Waals surface area contributed by atoms with Gasteiger partial charge in [0, 0.05) is 25.9 Å². The number of alkyl carbamates (subject to hydrolysis) is 1. The molecule has 13 heteroatoms. The normalized spacial score (nSPS) is 17.3. The molecule has 0 saturated heterocycles. The molecule has 1 heterocycles. The van der Waals surface area contributed by atoms with E-state index in [1.54, 1.807) is 11.8 Å². The van der Waals surface area contributed by atoms with Crippen LogP contribution in [0.2, 0.25) is 0 Å². The summed E-state index contributed by atoms with van der Waals surface area (Å²) in [7, 11) is 0. The van der Waals surface area contributed by atoms with Gasteiger partial charge in [-0.2, -0.15) is 0 Å². The largest absolute Gasteiger partial charge is 0.491 e. The van der Waals surface area contributed by atoms with Gasteiger partial charge in [0.15, 0.2) is 0 Å². The van der Waals surface area contributed by atoms with Gasteiger partial charge in [-0.15, -0.1) is 0 Å². The second kappa shape index (κ2) is 20.6. The molecule has 2 aliphatic rings. The third-order valence-electron chi connectivity index (χ3n) is 9.47. The first kappa shape index (κ1) is 43.5. The van der Waals surface area contributed by atoms with Crippen LogP contribution in [0.5, 0.6) is 5.75 Å². The maximum absolute atomic E-state index is 14.4. The second-order valence-electron chi connectivity index (χ2n) is 16.1. The third-order valence-corrected chi connectivity index (χ3v) is 9.47. The molecule has 3 atom stereocenters. The lowest BCUT2D eigenvalue weighted by atomic mass is 9.83. The third kappa shape index (κ3) is 13.8. The average Bonchev–Trinajstić information content (AvgIpc) is 3.13. The highest BCUT2D eigenvalue weighted by atomic mass is 16.6. The summed E-state index contributed by atoms with van der Waals surface area (Å²) in [6.07, 6.45) is 2.91. The number of hydrogen-bond acceptors (Lipinski definition) is 9. The van der Waals surface area contributed by atoms with E-state index in [0.717, 1.165) is 36.0 Å². The van der Waals surface area contributed by atoms with Gasteiger partial charge in [-0.25, -0.2) is 4.79 Å². The zero-order valence-corrected chi connectivity index (χ0v) is 33.8. The van der Waals surface area contributed by atoms with E-state index in [1.165, 1.54) is 5.56 Å². The zero-order chi connectivity index (χ0) is 40.0. The standard InChI is InChI=1S/C42H62N4O9/c1-8-36(47)45-37(41(2,3)4)39(49)46-28-31-26-32(54-25-24-53-23-22-52-21-20-51-19-18-43-40(50)55-42(5,6)7)17-16-30(31)27-35(46)38(48)44-34-15-11-13-29-12-9-10-14-33(29)34/h9-10,12,14,16-17,26,34-35,37H,8,11,13,15,18-25,27-28H2,1-7H3,(H,43,50)(H,44,48)(H,45,47)/t34-,35+,37-/m1/s1. The molecule has 0 fully saturated rings. The summed E-state index contributed by atoms with van der Waals surface area (Å²) in [6.45, 7) is 16.1. The van der Waals surface area contributed by atoms with Crippen molar-refractivity contribution in [3.8, 4) is 5.75 Å². The summed E-state index contributed by atoms with van der Waals surface area (Å²) in [6, 6.07) is 12.3. The molecule has 1 aliphatic carbocycles. The number of fused-ring (bicyclic) bond motifs is 2. The number of nitrogens with one attached hydrogen (secondary N) is 3. The monoisotopic (exact) mass is 766 g/mol. The minimum absolute atomic E-state index is 0.126. The molecule has 0 radical (unpaired) electrons. The van der Waals surface area contributed by atoms with Gasteiger partial charge < -0.3 is 44.5 Å². The van der Waals surface area contributed by atoms with Crippen LogP contribution in [0.1, 0.15) is 96.0 Å². The zero-order valence-electron chi connectivity index (χ0n) is 33.8. The first-order chi connectivity index (χ1) is 26.2. The maximum Gasteiger partial charge on any atom is 0.407 e. The molecule has 55 heavy (non-hydrogen) atoms. The van der Waals surface area contributed by atoms with Crippen LogP contribution in [0, 0.1) is 5.41 Å². The summed E-state index contributed by atoms with van der Waals surface area (Å²) in [5, 5.41) is 8.86. The molecule has 2 aromatic rings. The van der Waals surface area contributed by atoms with Crippen LogP contribution in [0.3, 0.4) is 0 Å². The van der Waals surface area contributed by atoms with Crippen LogP contribution in [0.15, 0.2) is 42.5 Å². The fourth-order valence-corrected chi connectivity index (χ4v) is 6.67. The van der Waals surface area contributed by atoms with Crippen LogP contribution in [-0.2, 0) is 52.7 Å². The Morgan fingerprint density at radius 2 is 1.51 bits per heavy atom. The Kier molecular flexibility index (Phi) is 16.3. The molecule has 0 spiro atoms. The van der Waals surface area contributed by atoms with Gasteiger partial charge >= 0.3 is 6.09 Å². The molecule has 0 unspecified atom stereocenters. The van der Waals surface area contributed by atoms with Crippen LogP contribution in [0.25, 0.3) is 0 Å². The Morgan fingerprint density at radius 3 is 2.18 bits per heavy atom. The quantitative estimate of drug-likeness (QED) is 0.178. The smallest absolute Gasteiger partial charge is 0.407 e. The van der Waals surface area contributed by atoms with Crippen molar-refractivity contribution in [2.45, 2.75) is 111 Å². The van der Waals surface area contributed by atoms with Crippen molar-refractivity contribution in [1.82, 2.24) is 20.9 Å². The number of benzene rings is 2. The Hall–Kier alpha value is -4.20. The number of carbonyl (C=O) groups is 4. The summed E-state index contributed by atoms with van der Waals surface area (Å²) < 4.78 is 27.9. The maximum atomic E-state index is 14.4. The van der Waals surface area contributed by atoms with E-state index < -0.39 is 29.2 Å². The lowest BCUT2D eigenvalue weighted by Gasteiger charge is -2.41. The highest BCUT2D eigenvalue weighted by Gasteiger charge is 2.42. The summed E-state index contributed by atoms with van der Waals surface area (Å²) in [5.41, 5.74) is 3.11. The molecule has 2 aromatic carbocycles. The number of ether oxygens (including phenoxy) is 5. The van der Waals surface area contributed by atoms with E-state index >= 15 is 0 Å². The average molecular weight is 767 g/mol. The highest BCUT2D eigenvalue weighted by Crippen LogP contribution is 2.33. The minimum atomic E-state index is -0.812. The van der Waals surface area contributed by atoms with E-state index in [9.17, 15) is 19.2 Å². The molecular weight excluding hydrogens is 704 g/mol. The van der Waals surface area contributed by atoms with Crippen LogP contribution in [-0.4, -0.2) is 99.2 Å². The predicted molar refractivity (Wildman–Crippen MR) is 209 cm³/mol. The van der Waals surface area contributed by atoms with Crippen molar-refractivity contribution in [2.75, 3.05) is 52.8 Å². The summed E-state index contributed by atoms with van der Waals surface area (Å²) in [5.74, 6) is -0.0622. The fourth-order valence-electron chi connectivity index (χ4n) is 6.67. The van der Waals surface area contributed by atoms with Gasteiger partial charge in [0.1, 0.15) is 30.0 Å². The predicted octanol–water partition coefficient (Wildman–Crippen LogP) is 5.03. The molecule has 304 valence electrons. The molecule has 13 nitrogen and oxygen atoms in total. The lowest BCUT2D eigenvalue weighted by molar-refractivity contribution is -0.147. The number of rotatable bonds is 18. The molecule has 4 rings (SSSR count). The Balaban J connectivity index is 1.29. The number of nitrogens with zero attached hydrogens (tertiary/aromatic N) is 1. The Morgan fingerprint density at radius 1 is 0.836 bits per heavy atom. The van der Waals surface area contributed by atoms with E-state index in [0.29, 0.717) is 65.0 Å². The van der Waals surface area contributed by atoms with Crippen LogP contribution in [0.4, 0.5) is 4.79 Å². The molecule has 3 N–H and O–H groups in total. The van der Waals surface area contributed by atoms with E-state index in [2.05, 4.69) is 28.1 Å². The highest BCUT2D eigenvalue weighted by molar-refractivity contribution is 5.93. The molecule has 1 aliphatic heterocycles. The minimum Gasteiger partial charge on any atom is -0.491 e. The molecule has 0 saturated carbocycles. The van der Waals surface area contributed by atoms with Crippen molar-refractivity contribution in [1.29, 1.82) is 0 Å². The Bertz CT molecular complexity index is 1590. The summed E-state index contributed by atoms with van der Waals surface area (Å²) >= 11 is 0. The number of carbonyl (C=O) groups excluding carboxylic acids is 4. The second-order valence-corrected chi connectivity index (χ2v) is 16.1. The van der Waals surface area contributed by atoms with E-state index in [-0.39, 0.29) is 36.7 Å². The fraction of sp³-hybridized carbons (Fsp3) is 0.619. The van der Waals surface area contributed by atoms with Crippen LogP contribution < -0.4 is 20.7 Å². The number of aryl methyl sites for hydroxylation is 1. The number of amides is 4. The van der Waals surface area contributed by atoms with Gasteiger partial charge in [0.25, 0.3) is 0 Å². The van der Waals surface area contributed by atoms with Crippen molar-refractivity contribution >= 4 is 23.8 Å². The van der Waals surface area contributed by atoms with Crippen LogP contribution >= 0.6 is 0 Å². The van der Waals surface area contributed by atoms with E-state index in [4.69, 9.17) is 23.7 Å². The lowest BCUT2D eigenvalue weighted by Crippen LogP contribution is -2.60. The van der Waals surface area contributed by atoms with Crippen molar-refractivity contribution < 1.29 is 42.9 Å². The van der Waals surface area contributed by atoms with Crippen molar-refractivity contribution in [3.63, 3.8) is 0 Å². The van der Waals surface area contributed by atoms with Gasteiger partial charge in [0.05, 0.1) is 45.7 Å². The van der Waals surface area contributed by atoms with Crippen molar-refractivity contribution in [2.24, 2.45) is 5.41 Å². The first-order valence-electron chi connectivity index (χ1n) is 19.6. The van der Waals surface area contributed by atoms with E-state index in [1.807, 2.05) is 71.9 Å². The van der Waals surface area contributed by atoms with Gasteiger partial charge in [0.2, 0.25) is 17.7 Å². The number of hydrogen-bond donors (Lipinski definition) is 3.